The summed E-state index contributed by atoms with van der Waals surface area (Å²) < 4.78 is 60.0. The van der Waals surface area contributed by atoms with Gasteiger partial charge in [0, 0.05) is 76.6 Å². The van der Waals surface area contributed by atoms with Gasteiger partial charge in [0.25, 0.3) is 0 Å². The number of hydrogen-bond donors (Lipinski definition) is 0. The van der Waals surface area contributed by atoms with Gasteiger partial charge in [-0.15, -0.1) is 0 Å². The van der Waals surface area contributed by atoms with Gasteiger partial charge >= 0.3 is 0 Å². The molecule has 0 bridgehead atoms. The number of rotatable bonds is 7. The topological polar surface area (TPSA) is 78.9 Å². The van der Waals surface area contributed by atoms with Crippen molar-refractivity contribution < 1.29 is 21.9 Å². The predicted molar refractivity (Wildman–Crippen MR) is 125 cm³/mol. The number of piperidine rings is 1. The number of aromatic nitrogens is 2. The Morgan fingerprint density at radius 1 is 1.00 bits per heavy atom. The summed E-state index contributed by atoms with van der Waals surface area (Å²) in [6.07, 6.45) is 6.83. The molecule has 11 heteroatoms. The molecule has 0 spiro atoms. The van der Waals surface area contributed by atoms with Crippen molar-refractivity contribution >= 4 is 16.0 Å². The number of anilines is 1. The molecule has 0 atom stereocenters. The van der Waals surface area contributed by atoms with Crippen molar-refractivity contribution in [2.24, 2.45) is 0 Å². The van der Waals surface area contributed by atoms with Gasteiger partial charge in [0.1, 0.15) is 6.10 Å². The molecule has 1 aromatic heterocycles. The molecular formula is C23H31F2N5O3S. The van der Waals surface area contributed by atoms with Crippen molar-refractivity contribution in [2.45, 2.75) is 38.8 Å². The third-order valence-electron chi connectivity index (χ3n) is 6.44. The minimum absolute atomic E-state index is 0.0786. The van der Waals surface area contributed by atoms with Crippen molar-refractivity contribution in [3.63, 3.8) is 0 Å². The maximum absolute atomic E-state index is 14.8. The summed E-state index contributed by atoms with van der Waals surface area (Å²) in [6, 6.07) is 3.04. The van der Waals surface area contributed by atoms with E-state index in [-0.39, 0.29) is 24.0 Å². The molecule has 3 heterocycles. The fraction of sp³-hybridized carbons (Fsp3) is 0.565. The molecule has 2 aliphatic heterocycles. The van der Waals surface area contributed by atoms with E-state index < -0.39 is 21.7 Å². The second kappa shape index (κ2) is 10.5. The molecule has 4 rings (SSSR count). The number of piperazine rings is 1. The highest BCUT2D eigenvalue weighted by Crippen LogP contribution is 2.27. The predicted octanol–water partition coefficient (Wildman–Crippen LogP) is 2.44. The number of benzene rings is 1. The van der Waals surface area contributed by atoms with Gasteiger partial charge in [-0.1, -0.05) is 13.0 Å². The molecule has 1 aromatic carbocycles. The molecule has 0 saturated carbocycles. The van der Waals surface area contributed by atoms with Crippen LogP contribution in [0, 0.1) is 11.6 Å². The Bertz CT molecular complexity index is 1080. The first-order valence-corrected chi connectivity index (χ1v) is 13.5. The van der Waals surface area contributed by atoms with Crippen LogP contribution in [-0.4, -0.2) is 79.2 Å². The van der Waals surface area contributed by atoms with Crippen molar-refractivity contribution in [1.82, 2.24) is 19.2 Å². The van der Waals surface area contributed by atoms with Crippen molar-refractivity contribution in [3.05, 3.63) is 47.3 Å². The summed E-state index contributed by atoms with van der Waals surface area (Å²) in [5.74, 6) is -1.29. The first-order chi connectivity index (χ1) is 16.2. The van der Waals surface area contributed by atoms with Gasteiger partial charge in [0.15, 0.2) is 11.6 Å². The first-order valence-electron chi connectivity index (χ1n) is 11.6. The van der Waals surface area contributed by atoms with Crippen LogP contribution >= 0.6 is 0 Å². The minimum atomic E-state index is -3.23. The summed E-state index contributed by atoms with van der Waals surface area (Å²) in [5, 5.41) is 0. The van der Waals surface area contributed by atoms with Crippen molar-refractivity contribution in [2.75, 3.05) is 50.4 Å². The Balaban J connectivity index is 1.31. The number of sulfonamides is 1. The largest absolute Gasteiger partial charge is 0.487 e. The average Bonchev–Trinajstić information content (AvgIpc) is 2.84. The standard InChI is InChI=1S/C23H31F2N5O3S/c1-3-17-14-26-23(27-15-17)29-8-6-19(7-9-29)33-20-5-4-18(21(24)22(20)25)16-28-10-12-30(13-11-28)34(2,31)32/h4-5,14-15,19H,3,6-13,16H2,1-2H3. The van der Waals surface area contributed by atoms with Crippen LogP contribution in [0.15, 0.2) is 24.5 Å². The van der Waals surface area contributed by atoms with Gasteiger partial charge in [-0.05, 0) is 18.1 Å². The van der Waals surface area contributed by atoms with Crippen molar-refractivity contribution in [3.8, 4) is 5.75 Å². The molecule has 0 radical (unpaired) electrons. The highest BCUT2D eigenvalue weighted by molar-refractivity contribution is 7.88. The van der Waals surface area contributed by atoms with Gasteiger partial charge in [0.2, 0.25) is 21.8 Å². The van der Waals surface area contributed by atoms with Crippen LogP contribution in [0.2, 0.25) is 0 Å². The molecule has 0 N–H and O–H groups in total. The Hall–Kier alpha value is -2.37. The monoisotopic (exact) mass is 495 g/mol. The van der Waals surface area contributed by atoms with E-state index in [9.17, 15) is 17.2 Å². The van der Waals surface area contributed by atoms with Crippen LogP contribution < -0.4 is 9.64 Å². The molecule has 0 unspecified atom stereocenters. The zero-order valence-corrected chi connectivity index (χ0v) is 20.4. The number of aryl methyl sites for hydroxylation is 1. The van der Waals surface area contributed by atoms with Gasteiger partial charge in [-0.3, -0.25) is 4.90 Å². The van der Waals surface area contributed by atoms with E-state index in [4.69, 9.17) is 4.74 Å². The van der Waals surface area contributed by atoms with E-state index in [1.165, 1.54) is 16.6 Å². The average molecular weight is 496 g/mol. The zero-order chi connectivity index (χ0) is 24.3. The van der Waals surface area contributed by atoms with Crippen LogP contribution in [0.5, 0.6) is 5.75 Å². The van der Waals surface area contributed by atoms with Gasteiger partial charge in [0.05, 0.1) is 6.26 Å². The summed E-state index contributed by atoms with van der Waals surface area (Å²) in [6.45, 7) is 5.25. The van der Waals surface area contributed by atoms with E-state index in [1.54, 1.807) is 6.07 Å². The molecule has 0 aliphatic carbocycles. The molecule has 8 nitrogen and oxygen atoms in total. The van der Waals surface area contributed by atoms with Crippen molar-refractivity contribution in [1.29, 1.82) is 0 Å². The Kier molecular flexibility index (Phi) is 7.63. The van der Waals surface area contributed by atoms with Crippen LogP contribution in [0.4, 0.5) is 14.7 Å². The Morgan fingerprint density at radius 2 is 1.65 bits per heavy atom. The molecule has 34 heavy (non-hydrogen) atoms. The summed E-state index contributed by atoms with van der Waals surface area (Å²) in [4.78, 5) is 12.8. The first kappa shape index (κ1) is 24.7. The number of halogens is 2. The fourth-order valence-corrected chi connectivity index (χ4v) is 5.12. The lowest BCUT2D eigenvalue weighted by Gasteiger charge is -2.33. The normalized spacial score (nSPS) is 18.9. The molecule has 2 aromatic rings. The van der Waals surface area contributed by atoms with Crippen LogP contribution in [-0.2, 0) is 23.0 Å². The van der Waals surface area contributed by atoms with E-state index in [0.29, 0.717) is 58.1 Å². The lowest BCUT2D eigenvalue weighted by molar-refractivity contribution is 0.160. The molecule has 2 fully saturated rings. The lowest BCUT2D eigenvalue weighted by atomic mass is 10.1. The number of nitrogens with zero attached hydrogens (tertiary/aromatic N) is 5. The highest BCUT2D eigenvalue weighted by Gasteiger charge is 2.26. The fourth-order valence-electron chi connectivity index (χ4n) is 4.29. The summed E-state index contributed by atoms with van der Waals surface area (Å²) in [5.41, 5.74) is 1.32. The van der Waals surface area contributed by atoms with Crippen LogP contribution in [0.25, 0.3) is 0 Å². The lowest BCUT2D eigenvalue weighted by Crippen LogP contribution is -2.47. The SMILES string of the molecule is CCc1cnc(N2CCC(Oc3ccc(CN4CCN(S(C)(=O)=O)CC4)c(F)c3F)CC2)nc1. The number of ether oxygens (including phenoxy) is 1. The van der Waals surface area contributed by atoms with Crippen LogP contribution in [0.1, 0.15) is 30.9 Å². The maximum atomic E-state index is 14.8. The summed E-state index contributed by atoms with van der Waals surface area (Å²) >= 11 is 0. The third-order valence-corrected chi connectivity index (χ3v) is 7.74. The second-order valence-corrected chi connectivity index (χ2v) is 10.8. The number of hydrogen-bond acceptors (Lipinski definition) is 7. The second-order valence-electron chi connectivity index (χ2n) is 8.84. The van der Waals surface area contributed by atoms with Crippen LogP contribution in [0.3, 0.4) is 0 Å². The Labute approximate surface area is 199 Å². The molecule has 2 saturated heterocycles. The van der Waals surface area contributed by atoms with Gasteiger partial charge < -0.3 is 9.64 Å². The van der Waals surface area contributed by atoms with E-state index in [0.717, 1.165) is 12.0 Å². The molecule has 0 amide bonds. The highest BCUT2D eigenvalue weighted by atomic mass is 32.2. The van der Waals surface area contributed by atoms with Gasteiger partial charge in [-0.25, -0.2) is 22.8 Å². The van der Waals surface area contributed by atoms with E-state index in [2.05, 4.69) is 21.8 Å². The molecular weight excluding hydrogens is 464 g/mol. The molecule has 186 valence electrons. The Morgan fingerprint density at radius 3 is 2.24 bits per heavy atom. The third kappa shape index (κ3) is 5.81. The minimum Gasteiger partial charge on any atom is -0.487 e. The maximum Gasteiger partial charge on any atom is 0.225 e. The zero-order valence-electron chi connectivity index (χ0n) is 19.6. The van der Waals surface area contributed by atoms with Gasteiger partial charge in [-0.2, -0.15) is 8.70 Å². The van der Waals surface area contributed by atoms with E-state index in [1.807, 2.05) is 17.3 Å². The van der Waals surface area contributed by atoms with E-state index >= 15 is 0 Å². The molecule has 2 aliphatic rings. The summed E-state index contributed by atoms with van der Waals surface area (Å²) in [7, 11) is -3.23. The quantitative estimate of drug-likeness (QED) is 0.584. The smallest absolute Gasteiger partial charge is 0.225 e.